The number of carbonyl (C=O) groups is 1. The van der Waals surface area contributed by atoms with E-state index in [1.807, 2.05) is 29.2 Å². The number of thiophene rings is 1. The highest BCUT2D eigenvalue weighted by molar-refractivity contribution is 7.10. The molecule has 1 unspecified atom stereocenters. The van der Waals surface area contributed by atoms with Crippen LogP contribution < -0.4 is 16.0 Å². The number of nitrogens with zero attached hydrogens (tertiary/aromatic N) is 2. The number of aliphatic imine (C=N–C) groups is 1. The second-order valence-electron chi connectivity index (χ2n) is 7.05. The Kier molecular flexibility index (Phi) is 7.31. The summed E-state index contributed by atoms with van der Waals surface area (Å²) in [7, 11) is 1.78. The molecule has 2 amide bonds. The van der Waals surface area contributed by atoms with Crippen LogP contribution in [-0.4, -0.2) is 43.6 Å². The van der Waals surface area contributed by atoms with E-state index in [2.05, 4.69) is 45.4 Å². The zero-order valence-corrected chi connectivity index (χ0v) is 17.4. The van der Waals surface area contributed by atoms with E-state index in [1.54, 1.807) is 18.4 Å². The summed E-state index contributed by atoms with van der Waals surface area (Å²) in [6.07, 6.45) is 2.18. The van der Waals surface area contributed by atoms with Gasteiger partial charge in [-0.15, -0.1) is 11.3 Å². The zero-order chi connectivity index (χ0) is 19.8. The molecule has 1 aromatic carbocycles. The fraction of sp³-hybridized carbons (Fsp3) is 0.429. The van der Waals surface area contributed by atoms with Crippen LogP contribution in [-0.2, 0) is 6.54 Å². The molecule has 0 aliphatic carbocycles. The van der Waals surface area contributed by atoms with Gasteiger partial charge in [0.15, 0.2) is 5.96 Å². The first-order valence-corrected chi connectivity index (χ1v) is 10.7. The van der Waals surface area contributed by atoms with E-state index >= 15 is 0 Å². The molecule has 2 heterocycles. The van der Waals surface area contributed by atoms with Crippen molar-refractivity contribution in [3.63, 3.8) is 0 Å². The van der Waals surface area contributed by atoms with Crippen molar-refractivity contribution < 1.29 is 4.79 Å². The molecule has 1 aliphatic heterocycles. The van der Waals surface area contributed by atoms with E-state index < -0.39 is 0 Å². The molecule has 0 spiro atoms. The van der Waals surface area contributed by atoms with Gasteiger partial charge in [-0.05, 0) is 42.0 Å². The van der Waals surface area contributed by atoms with E-state index in [-0.39, 0.29) is 6.03 Å². The Labute approximate surface area is 171 Å². The first-order chi connectivity index (χ1) is 13.7. The molecule has 150 valence electrons. The smallest absolute Gasteiger partial charge is 0.321 e. The van der Waals surface area contributed by atoms with Crippen molar-refractivity contribution in [3.8, 4) is 0 Å². The Balaban J connectivity index is 1.48. The first-order valence-electron chi connectivity index (χ1n) is 9.78. The van der Waals surface area contributed by atoms with Gasteiger partial charge in [-0.1, -0.05) is 25.1 Å². The lowest BCUT2D eigenvalue weighted by Crippen LogP contribution is -2.38. The van der Waals surface area contributed by atoms with Gasteiger partial charge in [0.1, 0.15) is 0 Å². The van der Waals surface area contributed by atoms with Crippen LogP contribution in [0.2, 0.25) is 0 Å². The highest BCUT2D eigenvalue weighted by Gasteiger charge is 2.17. The first kappa shape index (κ1) is 20.2. The number of likely N-dealkylation sites (tertiary alicyclic amines) is 1. The topological polar surface area (TPSA) is 68.8 Å². The molecule has 28 heavy (non-hydrogen) atoms. The lowest BCUT2D eigenvalue weighted by atomic mass is 10.1. The van der Waals surface area contributed by atoms with E-state index in [4.69, 9.17) is 0 Å². The molecule has 1 fully saturated rings. The molecule has 1 saturated heterocycles. The third-order valence-corrected chi connectivity index (χ3v) is 5.96. The summed E-state index contributed by atoms with van der Waals surface area (Å²) in [5.41, 5.74) is 1.92. The van der Waals surface area contributed by atoms with Gasteiger partial charge in [0.25, 0.3) is 0 Å². The summed E-state index contributed by atoms with van der Waals surface area (Å²) in [6, 6.07) is 12.2. The largest absolute Gasteiger partial charge is 0.356 e. The number of hydrogen-bond acceptors (Lipinski definition) is 3. The number of hydrogen-bond donors (Lipinski definition) is 3. The maximum atomic E-state index is 12.3. The van der Waals surface area contributed by atoms with E-state index in [9.17, 15) is 4.79 Å². The molecule has 3 rings (SSSR count). The number of urea groups is 1. The Bertz CT molecular complexity index is 784. The third-order valence-electron chi connectivity index (χ3n) is 4.86. The molecule has 1 atom stereocenters. The minimum Gasteiger partial charge on any atom is -0.356 e. The van der Waals surface area contributed by atoms with Crippen molar-refractivity contribution in [3.05, 3.63) is 52.2 Å². The van der Waals surface area contributed by atoms with Crippen LogP contribution in [0.4, 0.5) is 10.5 Å². The van der Waals surface area contributed by atoms with Gasteiger partial charge >= 0.3 is 6.03 Å². The van der Waals surface area contributed by atoms with Crippen LogP contribution in [0, 0.1) is 0 Å². The van der Waals surface area contributed by atoms with Gasteiger partial charge in [0.2, 0.25) is 0 Å². The van der Waals surface area contributed by atoms with Crippen molar-refractivity contribution in [1.29, 1.82) is 0 Å². The number of nitrogens with one attached hydrogen (secondary N) is 3. The Hall–Kier alpha value is -2.54. The SMILES string of the molecule is CN=C(NCc1cccc(NC(=O)N2CCCC2)c1)NCC(C)c1cccs1. The standard InChI is InChI=1S/C21H29N5OS/c1-16(19-9-6-12-28-19)14-23-20(22-2)24-15-17-7-5-8-18(13-17)25-21(27)26-10-3-4-11-26/h5-9,12-13,16H,3-4,10-11,14-15H2,1-2H3,(H,25,27)(H2,22,23,24). The summed E-state index contributed by atoms with van der Waals surface area (Å²) in [4.78, 5) is 19.8. The van der Waals surface area contributed by atoms with Gasteiger partial charge in [-0.2, -0.15) is 0 Å². The maximum absolute atomic E-state index is 12.3. The highest BCUT2D eigenvalue weighted by atomic mass is 32.1. The number of guanidine groups is 1. The Morgan fingerprint density at radius 2 is 2.04 bits per heavy atom. The van der Waals surface area contributed by atoms with Crippen molar-refractivity contribution in [2.75, 3.05) is 32.0 Å². The zero-order valence-electron chi connectivity index (χ0n) is 16.6. The predicted octanol–water partition coefficient (Wildman–Crippen LogP) is 3.84. The van der Waals surface area contributed by atoms with Crippen LogP contribution >= 0.6 is 11.3 Å². The summed E-state index contributed by atoms with van der Waals surface area (Å²) >= 11 is 1.78. The minimum absolute atomic E-state index is 0.0114. The van der Waals surface area contributed by atoms with Crippen LogP contribution in [0.5, 0.6) is 0 Å². The Morgan fingerprint density at radius 1 is 1.21 bits per heavy atom. The third kappa shape index (κ3) is 5.73. The molecular formula is C21H29N5OS. The fourth-order valence-corrected chi connectivity index (χ4v) is 4.00. The quantitative estimate of drug-likeness (QED) is 0.511. The highest BCUT2D eigenvalue weighted by Crippen LogP contribution is 2.19. The average Bonchev–Trinajstić information content (AvgIpc) is 3.42. The summed E-state index contributed by atoms with van der Waals surface area (Å²) in [6.45, 7) is 5.36. The number of amides is 2. The molecular weight excluding hydrogens is 370 g/mol. The normalized spacial score (nSPS) is 15.4. The van der Waals surface area contributed by atoms with E-state index in [1.165, 1.54) is 4.88 Å². The van der Waals surface area contributed by atoms with Crippen LogP contribution in [0.15, 0.2) is 46.8 Å². The van der Waals surface area contributed by atoms with E-state index in [0.717, 1.165) is 49.7 Å². The van der Waals surface area contributed by atoms with Crippen molar-refractivity contribution in [2.45, 2.75) is 32.2 Å². The molecule has 2 aromatic rings. The molecule has 0 saturated carbocycles. The van der Waals surface area contributed by atoms with Gasteiger partial charge in [-0.3, -0.25) is 4.99 Å². The minimum atomic E-state index is -0.0114. The van der Waals surface area contributed by atoms with Gasteiger partial charge in [0.05, 0.1) is 0 Å². The molecule has 1 aliphatic rings. The molecule has 1 aromatic heterocycles. The molecule has 6 nitrogen and oxygen atoms in total. The number of rotatable bonds is 6. The van der Waals surface area contributed by atoms with Gasteiger partial charge in [0, 0.05) is 49.7 Å². The Morgan fingerprint density at radius 3 is 2.75 bits per heavy atom. The van der Waals surface area contributed by atoms with Gasteiger partial charge in [-0.25, -0.2) is 4.79 Å². The van der Waals surface area contributed by atoms with Crippen molar-refractivity contribution in [2.24, 2.45) is 4.99 Å². The molecule has 3 N–H and O–H groups in total. The second-order valence-corrected chi connectivity index (χ2v) is 8.03. The predicted molar refractivity (Wildman–Crippen MR) is 117 cm³/mol. The summed E-state index contributed by atoms with van der Waals surface area (Å²) < 4.78 is 0. The average molecular weight is 400 g/mol. The molecule has 0 bridgehead atoms. The fourth-order valence-electron chi connectivity index (χ4n) is 3.21. The second kappa shape index (κ2) is 10.1. The summed E-state index contributed by atoms with van der Waals surface area (Å²) in [5.74, 6) is 1.21. The van der Waals surface area contributed by atoms with Crippen LogP contribution in [0.25, 0.3) is 0 Å². The monoisotopic (exact) mass is 399 g/mol. The number of carbonyl (C=O) groups excluding carboxylic acids is 1. The van der Waals surface area contributed by atoms with Gasteiger partial charge < -0.3 is 20.9 Å². The van der Waals surface area contributed by atoms with Crippen LogP contribution in [0.1, 0.15) is 36.1 Å². The van der Waals surface area contributed by atoms with E-state index in [0.29, 0.717) is 12.5 Å². The number of anilines is 1. The lowest BCUT2D eigenvalue weighted by Gasteiger charge is -2.17. The van der Waals surface area contributed by atoms with Crippen LogP contribution in [0.3, 0.4) is 0 Å². The lowest BCUT2D eigenvalue weighted by molar-refractivity contribution is 0.222. The van der Waals surface area contributed by atoms with Crippen molar-refractivity contribution >= 4 is 29.0 Å². The number of benzene rings is 1. The molecule has 7 heteroatoms. The van der Waals surface area contributed by atoms with Crippen molar-refractivity contribution in [1.82, 2.24) is 15.5 Å². The summed E-state index contributed by atoms with van der Waals surface area (Å²) in [5, 5.41) is 11.8. The molecule has 0 radical (unpaired) electrons. The maximum Gasteiger partial charge on any atom is 0.321 e.